The van der Waals surface area contributed by atoms with Crippen LogP contribution in [0.2, 0.25) is 0 Å². The normalized spacial score (nSPS) is 15.5. The Balaban J connectivity index is 3.70. The van der Waals surface area contributed by atoms with E-state index in [1.165, 1.54) is 0 Å². The summed E-state index contributed by atoms with van der Waals surface area (Å²) in [6.45, 7) is 6.18. The molecule has 0 bridgehead atoms. The van der Waals surface area contributed by atoms with Crippen LogP contribution < -0.4 is 0 Å². The number of aliphatic hydroxyl groups excluding tert-OH is 1. The van der Waals surface area contributed by atoms with Gasteiger partial charge in [0.1, 0.15) is 0 Å². The highest BCUT2D eigenvalue weighted by atomic mass is 16.3. The van der Waals surface area contributed by atoms with E-state index in [4.69, 9.17) is 0 Å². The van der Waals surface area contributed by atoms with Crippen LogP contribution in [0.15, 0.2) is 36.5 Å². The van der Waals surface area contributed by atoms with Crippen LogP contribution in [-0.2, 0) is 0 Å². The van der Waals surface area contributed by atoms with E-state index in [9.17, 15) is 5.11 Å². The highest BCUT2D eigenvalue weighted by Gasteiger charge is 2.00. The summed E-state index contributed by atoms with van der Waals surface area (Å²) < 4.78 is 0. The molecule has 0 aromatic carbocycles. The lowest BCUT2D eigenvalue weighted by Crippen LogP contribution is -2.05. The molecule has 0 saturated carbocycles. The highest BCUT2D eigenvalue weighted by Crippen LogP contribution is 2.05. The van der Waals surface area contributed by atoms with Gasteiger partial charge in [-0.1, -0.05) is 50.3 Å². The third-order valence-electron chi connectivity index (χ3n) is 1.57. The molecule has 1 unspecified atom stereocenters. The number of hydrogen-bond donors (Lipinski definition) is 1. The second-order valence-corrected chi connectivity index (χ2v) is 3.49. The minimum absolute atomic E-state index is 0.310. The second-order valence-electron chi connectivity index (χ2n) is 3.49. The zero-order valence-corrected chi connectivity index (χ0v) is 8.77. The molecule has 0 fully saturated rings. The van der Waals surface area contributed by atoms with Crippen molar-refractivity contribution in [2.45, 2.75) is 33.3 Å². The van der Waals surface area contributed by atoms with Crippen molar-refractivity contribution in [1.29, 1.82) is 0 Å². The van der Waals surface area contributed by atoms with E-state index in [1.807, 2.05) is 43.4 Å². The fourth-order valence-corrected chi connectivity index (χ4v) is 0.993. The number of allylic oxidation sites excluding steroid dienone is 5. The fourth-order valence-electron chi connectivity index (χ4n) is 0.993. The van der Waals surface area contributed by atoms with Gasteiger partial charge >= 0.3 is 0 Å². The first-order valence-electron chi connectivity index (χ1n) is 4.81. The molecule has 0 rings (SSSR count). The van der Waals surface area contributed by atoms with Crippen LogP contribution in [-0.4, -0.2) is 11.2 Å². The molecular weight excluding hydrogens is 160 g/mol. The maximum Gasteiger partial charge on any atom is 0.0726 e. The largest absolute Gasteiger partial charge is 0.389 e. The summed E-state index contributed by atoms with van der Waals surface area (Å²) in [5, 5.41) is 9.44. The summed E-state index contributed by atoms with van der Waals surface area (Å²) >= 11 is 0. The molecule has 74 valence electrons. The van der Waals surface area contributed by atoms with Gasteiger partial charge in [-0.25, -0.2) is 0 Å². The topological polar surface area (TPSA) is 20.2 Å². The SMILES string of the molecule is C/C=C/C=C/C=C/C(O)CC(C)C. The second kappa shape index (κ2) is 7.81. The Morgan fingerprint density at radius 3 is 2.23 bits per heavy atom. The van der Waals surface area contributed by atoms with Gasteiger partial charge in [0, 0.05) is 0 Å². The molecule has 0 aromatic heterocycles. The number of rotatable bonds is 5. The Hall–Kier alpha value is -0.820. The third-order valence-corrected chi connectivity index (χ3v) is 1.57. The van der Waals surface area contributed by atoms with E-state index in [2.05, 4.69) is 13.8 Å². The Morgan fingerprint density at radius 1 is 1.08 bits per heavy atom. The van der Waals surface area contributed by atoms with Crippen LogP contribution in [0.1, 0.15) is 27.2 Å². The van der Waals surface area contributed by atoms with Crippen molar-refractivity contribution in [3.05, 3.63) is 36.5 Å². The molecule has 0 aromatic rings. The minimum atomic E-state index is -0.310. The summed E-state index contributed by atoms with van der Waals surface area (Å²) in [5.41, 5.74) is 0. The lowest BCUT2D eigenvalue weighted by Gasteiger charge is -2.06. The lowest BCUT2D eigenvalue weighted by molar-refractivity contribution is 0.195. The zero-order valence-electron chi connectivity index (χ0n) is 8.77. The third kappa shape index (κ3) is 9.09. The summed E-state index contributed by atoms with van der Waals surface area (Å²) in [4.78, 5) is 0. The van der Waals surface area contributed by atoms with Gasteiger partial charge in [-0.2, -0.15) is 0 Å². The van der Waals surface area contributed by atoms with Gasteiger partial charge in [0.25, 0.3) is 0 Å². The van der Waals surface area contributed by atoms with Gasteiger partial charge in [0.2, 0.25) is 0 Å². The molecule has 1 heteroatoms. The van der Waals surface area contributed by atoms with Crippen molar-refractivity contribution in [2.75, 3.05) is 0 Å². The van der Waals surface area contributed by atoms with Crippen molar-refractivity contribution in [1.82, 2.24) is 0 Å². The van der Waals surface area contributed by atoms with Crippen molar-refractivity contribution in [2.24, 2.45) is 5.92 Å². The van der Waals surface area contributed by atoms with Crippen LogP contribution in [0.3, 0.4) is 0 Å². The Labute approximate surface area is 81.5 Å². The van der Waals surface area contributed by atoms with Crippen LogP contribution in [0, 0.1) is 5.92 Å². The highest BCUT2D eigenvalue weighted by molar-refractivity contribution is 5.11. The van der Waals surface area contributed by atoms with Crippen molar-refractivity contribution < 1.29 is 5.11 Å². The molecule has 0 aliphatic carbocycles. The average Bonchev–Trinajstić information content (AvgIpc) is 2.02. The van der Waals surface area contributed by atoms with Crippen molar-refractivity contribution in [3.63, 3.8) is 0 Å². The summed E-state index contributed by atoms with van der Waals surface area (Å²) in [6.07, 6.45) is 12.0. The van der Waals surface area contributed by atoms with Crippen molar-refractivity contribution in [3.8, 4) is 0 Å². The Kier molecular flexibility index (Phi) is 7.32. The molecule has 0 saturated heterocycles. The molecule has 0 amide bonds. The zero-order chi connectivity index (χ0) is 10.1. The van der Waals surface area contributed by atoms with Crippen molar-refractivity contribution >= 4 is 0 Å². The maximum atomic E-state index is 9.44. The number of hydrogen-bond acceptors (Lipinski definition) is 1. The smallest absolute Gasteiger partial charge is 0.0726 e. The molecule has 1 nitrogen and oxygen atoms in total. The monoisotopic (exact) mass is 180 g/mol. The lowest BCUT2D eigenvalue weighted by atomic mass is 10.1. The first kappa shape index (κ1) is 12.2. The van der Waals surface area contributed by atoms with E-state index in [1.54, 1.807) is 0 Å². The predicted molar refractivity (Wildman–Crippen MR) is 58.6 cm³/mol. The molecule has 0 radical (unpaired) electrons. The van der Waals surface area contributed by atoms with Crippen LogP contribution in [0.5, 0.6) is 0 Å². The van der Waals surface area contributed by atoms with Crippen LogP contribution >= 0.6 is 0 Å². The van der Waals surface area contributed by atoms with Gasteiger partial charge in [0.05, 0.1) is 6.10 Å². The van der Waals surface area contributed by atoms with Crippen LogP contribution in [0.25, 0.3) is 0 Å². The van der Waals surface area contributed by atoms with Gasteiger partial charge in [-0.05, 0) is 19.3 Å². The van der Waals surface area contributed by atoms with E-state index in [0.717, 1.165) is 6.42 Å². The molecular formula is C12H20O. The van der Waals surface area contributed by atoms with E-state index < -0.39 is 0 Å². The van der Waals surface area contributed by atoms with E-state index in [0.29, 0.717) is 5.92 Å². The van der Waals surface area contributed by atoms with E-state index in [-0.39, 0.29) is 6.10 Å². The molecule has 0 aliphatic heterocycles. The maximum absolute atomic E-state index is 9.44. The molecule has 0 heterocycles. The van der Waals surface area contributed by atoms with Gasteiger partial charge in [-0.15, -0.1) is 0 Å². The van der Waals surface area contributed by atoms with Gasteiger partial charge in [0.15, 0.2) is 0 Å². The average molecular weight is 180 g/mol. The first-order chi connectivity index (χ1) is 6.16. The molecule has 1 atom stereocenters. The van der Waals surface area contributed by atoms with E-state index >= 15 is 0 Å². The molecule has 0 spiro atoms. The quantitative estimate of drug-likeness (QED) is 0.645. The van der Waals surface area contributed by atoms with Gasteiger partial charge in [-0.3, -0.25) is 0 Å². The summed E-state index contributed by atoms with van der Waals surface area (Å²) in [6, 6.07) is 0. The molecule has 0 aliphatic rings. The Bertz CT molecular complexity index is 187. The first-order valence-corrected chi connectivity index (χ1v) is 4.81. The minimum Gasteiger partial charge on any atom is -0.389 e. The fraction of sp³-hybridized carbons (Fsp3) is 0.500. The molecule has 13 heavy (non-hydrogen) atoms. The predicted octanol–water partition coefficient (Wildman–Crippen LogP) is 3.08. The standard InChI is InChI=1S/C12H20O/c1-4-5-6-7-8-9-12(13)10-11(2)3/h4-9,11-13H,10H2,1-3H3/b5-4+,7-6+,9-8+. The van der Waals surface area contributed by atoms with Crippen LogP contribution in [0.4, 0.5) is 0 Å². The summed E-state index contributed by atoms with van der Waals surface area (Å²) in [5.74, 6) is 0.541. The summed E-state index contributed by atoms with van der Waals surface area (Å²) in [7, 11) is 0. The Morgan fingerprint density at radius 2 is 1.69 bits per heavy atom. The number of aliphatic hydroxyl groups is 1. The van der Waals surface area contributed by atoms with Gasteiger partial charge < -0.3 is 5.11 Å². The molecule has 1 N–H and O–H groups in total.